The minimum absolute atomic E-state index is 0.154. The lowest BCUT2D eigenvalue weighted by atomic mass is 9.58. The first-order valence-corrected chi connectivity index (χ1v) is 10.4. The molecule has 5 nitrogen and oxygen atoms in total. The molecule has 4 heterocycles. The summed E-state index contributed by atoms with van der Waals surface area (Å²) in [5.74, 6) is 1.32. The van der Waals surface area contributed by atoms with Crippen molar-refractivity contribution in [3.05, 3.63) is 29.3 Å². The quantitative estimate of drug-likeness (QED) is 0.666. The molecule has 1 spiro atoms. The molecule has 5 fully saturated rings. The highest BCUT2D eigenvalue weighted by Crippen LogP contribution is 2.60. The third-order valence-electron chi connectivity index (χ3n) is 7.16. The van der Waals surface area contributed by atoms with E-state index >= 15 is 0 Å². The molecule has 0 aromatic heterocycles. The molecule has 1 aliphatic carbocycles. The van der Waals surface area contributed by atoms with Gasteiger partial charge in [0.2, 0.25) is 12.1 Å². The van der Waals surface area contributed by atoms with Gasteiger partial charge in [-0.25, -0.2) is 9.78 Å². The van der Waals surface area contributed by atoms with E-state index in [9.17, 15) is 0 Å². The van der Waals surface area contributed by atoms with Crippen LogP contribution in [0.5, 0.6) is 5.75 Å². The van der Waals surface area contributed by atoms with Gasteiger partial charge in [-0.3, -0.25) is 0 Å². The van der Waals surface area contributed by atoms with Crippen LogP contribution in [0.1, 0.15) is 46.5 Å². The lowest BCUT2D eigenvalue weighted by Gasteiger charge is -2.60. The van der Waals surface area contributed by atoms with Gasteiger partial charge in [-0.2, -0.15) is 0 Å². The maximum Gasteiger partial charge on any atom is 0.205 e. The summed E-state index contributed by atoms with van der Waals surface area (Å²) in [7, 11) is 0. The highest BCUT2D eigenvalue weighted by molar-refractivity contribution is 6.30. The van der Waals surface area contributed by atoms with Crippen molar-refractivity contribution in [1.29, 1.82) is 0 Å². The normalized spacial score (nSPS) is 48.6. The van der Waals surface area contributed by atoms with Gasteiger partial charge in [-0.15, -0.1) is 0 Å². The molecule has 4 saturated heterocycles. The van der Waals surface area contributed by atoms with Gasteiger partial charge in [0.25, 0.3) is 0 Å². The second-order valence-electron chi connectivity index (χ2n) is 8.85. The molecule has 2 bridgehead atoms. The van der Waals surface area contributed by atoms with Gasteiger partial charge in [0.05, 0.1) is 0 Å². The van der Waals surface area contributed by atoms with Crippen LogP contribution in [0.25, 0.3) is 0 Å². The van der Waals surface area contributed by atoms with E-state index in [0.29, 0.717) is 16.9 Å². The van der Waals surface area contributed by atoms with Crippen molar-refractivity contribution in [2.45, 2.75) is 70.4 Å². The van der Waals surface area contributed by atoms with Gasteiger partial charge < -0.3 is 14.2 Å². The number of benzene rings is 1. The average Bonchev–Trinajstić information content (AvgIpc) is 2.87. The van der Waals surface area contributed by atoms with Crippen LogP contribution in [0.2, 0.25) is 5.02 Å². The van der Waals surface area contributed by atoms with Crippen LogP contribution < -0.4 is 4.74 Å². The van der Waals surface area contributed by atoms with Crippen molar-refractivity contribution in [2.75, 3.05) is 0 Å². The van der Waals surface area contributed by atoms with Crippen LogP contribution in [-0.4, -0.2) is 24.0 Å². The molecule has 1 aromatic rings. The molecule has 8 atom stereocenters. The molecule has 1 saturated carbocycles. The summed E-state index contributed by atoms with van der Waals surface area (Å²) in [6.45, 7) is 6.44. The zero-order valence-corrected chi connectivity index (χ0v) is 16.8. The third kappa shape index (κ3) is 2.74. The number of hydrogen-bond acceptors (Lipinski definition) is 5. The second kappa shape index (κ2) is 6.33. The number of hydrogen-bond donors (Lipinski definition) is 0. The van der Waals surface area contributed by atoms with E-state index in [2.05, 4.69) is 13.8 Å². The largest absolute Gasteiger partial charge is 0.465 e. The van der Waals surface area contributed by atoms with Crippen LogP contribution in [0, 0.1) is 23.7 Å². The molecule has 4 aliphatic heterocycles. The van der Waals surface area contributed by atoms with Gasteiger partial charge in [0.15, 0.2) is 11.9 Å². The van der Waals surface area contributed by atoms with Crippen molar-refractivity contribution < 1.29 is 24.0 Å². The van der Waals surface area contributed by atoms with Gasteiger partial charge in [-0.05, 0) is 62.3 Å². The zero-order chi connectivity index (χ0) is 18.8. The smallest absolute Gasteiger partial charge is 0.205 e. The van der Waals surface area contributed by atoms with Gasteiger partial charge in [0.1, 0.15) is 5.75 Å². The second-order valence-corrected chi connectivity index (χ2v) is 9.28. The van der Waals surface area contributed by atoms with E-state index < -0.39 is 24.0 Å². The fourth-order valence-electron chi connectivity index (χ4n) is 5.65. The molecule has 1 aromatic carbocycles. The van der Waals surface area contributed by atoms with Crippen molar-refractivity contribution in [1.82, 2.24) is 0 Å². The van der Waals surface area contributed by atoms with Crippen molar-refractivity contribution >= 4 is 11.6 Å². The van der Waals surface area contributed by atoms with E-state index in [1.807, 2.05) is 31.2 Å². The first-order chi connectivity index (χ1) is 12.9. The van der Waals surface area contributed by atoms with E-state index in [-0.39, 0.29) is 11.8 Å². The van der Waals surface area contributed by atoms with Crippen LogP contribution in [-0.2, 0) is 19.2 Å². The maximum absolute atomic E-state index is 6.41. The van der Waals surface area contributed by atoms with Crippen molar-refractivity contribution in [2.24, 2.45) is 23.7 Å². The van der Waals surface area contributed by atoms with E-state index in [1.165, 1.54) is 6.42 Å². The Labute approximate surface area is 165 Å². The molecular weight excluding hydrogens is 368 g/mol. The summed E-state index contributed by atoms with van der Waals surface area (Å²) in [5, 5.41) is 0.686. The monoisotopic (exact) mass is 394 g/mol. The Morgan fingerprint density at radius 1 is 1.04 bits per heavy atom. The van der Waals surface area contributed by atoms with Crippen LogP contribution in [0.15, 0.2) is 24.3 Å². The lowest BCUT2D eigenvalue weighted by molar-refractivity contribution is -0.575. The summed E-state index contributed by atoms with van der Waals surface area (Å²) in [6.07, 6.45) is 3.21. The maximum atomic E-state index is 6.41. The molecule has 27 heavy (non-hydrogen) atoms. The Hall–Kier alpha value is -0.850. The summed E-state index contributed by atoms with van der Waals surface area (Å²) >= 11 is 6.00. The molecular formula is C21H27ClO5. The highest BCUT2D eigenvalue weighted by Gasteiger charge is 2.69. The summed E-state index contributed by atoms with van der Waals surface area (Å²) in [4.78, 5) is 12.0. The Balaban J connectivity index is 1.48. The van der Waals surface area contributed by atoms with Crippen molar-refractivity contribution in [3.8, 4) is 5.75 Å². The molecule has 6 heteroatoms. The molecule has 0 amide bonds. The molecule has 148 valence electrons. The summed E-state index contributed by atoms with van der Waals surface area (Å²) < 4.78 is 19.0. The standard InChI is InChI=1S/C21H27ClO5/c1-12-4-9-17-13(2)18(23-15-7-5-14(22)6-8-15)24-19-21(17)16(12)10-11-20(3,25-19)26-27-21/h5-8,12-13,16-19H,4,9-11H2,1-3H3/t12-,13-,16+,17+,18-,19-,20-,21-/m1/s1. The molecule has 0 radical (unpaired) electrons. The zero-order valence-electron chi connectivity index (χ0n) is 16.0. The van der Waals surface area contributed by atoms with Crippen LogP contribution in [0.3, 0.4) is 0 Å². The van der Waals surface area contributed by atoms with E-state index in [4.69, 9.17) is 35.6 Å². The fourth-order valence-corrected chi connectivity index (χ4v) is 5.78. The van der Waals surface area contributed by atoms with Gasteiger partial charge in [-0.1, -0.05) is 25.4 Å². The number of fused-ring (bicyclic) bond motifs is 2. The molecule has 0 N–H and O–H groups in total. The minimum atomic E-state index is -0.761. The van der Waals surface area contributed by atoms with Crippen LogP contribution >= 0.6 is 11.6 Å². The summed E-state index contributed by atoms with van der Waals surface area (Å²) in [5.41, 5.74) is -0.549. The first-order valence-electron chi connectivity index (χ1n) is 10.0. The molecule has 0 unspecified atom stereocenters. The highest BCUT2D eigenvalue weighted by atomic mass is 35.5. The molecule has 5 aliphatic rings. The Kier molecular flexibility index (Phi) is 4.26. The fraction of sp³-hybridized carbons (Fsp3) is 0.714. The van der Waals surface area contributed by atoms with Crippen molar-refractivity contribution in [3.63, 3.8) is 0 Å². The Morgan fingerprint density at radius 2 is 1.81 bits per heavy atom. The Bertz CT molecular complexity index is 711. The number of halogens is 1. The third-order valence-corrected chi connectivity index (χ3v) is 7.41. The topological polar surface area (TPSA) is 46.2 Å². The van der Waals surface area contributed by atoms with Gasteiger partial charge in [0, 0.05) is 23.3 Å². The Morgan fingerprint density at radius 3 is 2.59 bits per heavy atom. The summed E-state index contributed by atoms with van der Waals surface area (Å²) in [6, 6.07) is 7.39. The number of rotatable bonds is 2. The first kappa shape index (κ1) is 18.2. The lowest BCUT2D eigenvalue weighted by Crippen LogP contribution is -2.70. The minimum Gasteiger partial charge on any atom is -0.465 e. The number of ether oxygens (including phenoxy) is 3. The van der Waals surface area contributed by atoms with E-state index in [1.54, 1.807) is 0 Å². The van der Waals surface area contributed by atoms with Gasteiger partial charge >= 0.3 is 0 Å². The SMILES string of the molecule is C[C@H]1[C@H](Oc2ccc(Cl)cc2)O[C@@H]2O[C@@]3(C)CC[C@H]4[C@H](C)CC[C@@H]1[C@@]24OO3. The van der Waals surface area contributed by atoms with Crippen LogP contribution in [0.4, 0.5) is 0 Å². The predicted octanol–water partition coefficient (Wildman–Crippen LogP) is 4.93. The predicted molar refractivity (Wildman–Crippen MR) is 98.9 cm³/mol. The average molecular weight is 395 g/mol. The molecule has 6 rings (SSSR count). The van der Waals surface area contributed by atoms with E-state index in [0.717, 1.165) is 25.0 Å².